The first-order chi connectivity index (χ1) is 37.8. The van der Waals surface area contributed by atoms with Crippen LogP contribution in [0.2, 0.25) is 0 Å². The number of fused-ring (bicyclic) bond motifs is 13. The number of nitrogens with zero attached hydrogens (tertiary/aromatic N) is 2. The number of furan rings is 1. The molecule has 81 heavy (non-hydrogen) atoms. The van der Waals surface area contributed by atoms with E-state index in [1.165, 1.54) is 129 Å². The number of aryl methyl sites for hydroxylation is 1. The molecule has 3 nitrogen and oxygen atoms in total. The van der Waals surface area contributed by atoms with Crippen LogP contribution in [0.5, 0.6) is 0 Å². The first-order valence-electron chi connectivity index (χ1n) is 30.3. The molecule has 5 aliphatic rings. The lowest BCUT2D eigenvalue weighted by Crippen LogP contribution is -2.62. The molecular weight excluding hydrogens is 980 g/mol. The van der Waals surface area contributed by atoms with Gasteiger partial charge in [0.15, 0.2) is 5.58 Å². The van der Waals surface area contributed by atoms with Crippen LogP contribution in [0, 0.1) is 6.92 Å². The molecule has 0 amide bonds. The summed E-state index contributed by atoms with van der Waals surface area (Å²) in [7, 11) is 0. The Hall–Kier alpha value is -6.78. The van der Waals surface area contributed by atoms with Gasteiger partial charge in [-0.15, -0.1) is 0 Å². The molecular formula is C77H83BN2O. The molecule has 0 bridgehead atoms. The van der Waals surface area contributed by atoms with E-state index in [0.29, 0.717) is 0 Å². The van der Waals surface area contributed by atoms with Gasteiger partial charge in [-0.05, 0) is 179 Å². The second-order valence-corrected chi connectivity index (χ2v) is 31.0. The topological polar surface area (TPSA) is 19.6 Å². The number of hydrogen-bond donors (Lipinski definition) is 0. The summed E-state index contributed by atoms with van der Waals surface area (Å²) < 4.78 is 7.48. The van der Waals surface area contributed by atoms with Gasteiger partial charge in [0.1, 0.15) is 5.58 Å². The van der Waals surface area contributed by atoms with Crippen molar-refractivity contribution in [1.29, 1.82) is 0 Å². The molecule has 9 aromatic rings. The van der Waals surface area contributed by atoms with E-state index < -0.39 is 0 Å². The third kappa shape index (κ3) is 7.07. The summed E-state index contributed by atoms with van der Waals surface area (Å²) in [5.41, 5.74) is 30.2. The van der Waals surface area contributed by atoms with Gasteiger partial charge in [0.25, 0.3) is 6.71 Å². The van der Waals surface area contributed by atoms with E-state index in [4.69, 9.17) is 4.42 Å². The van der Waals surface area contributed by atoms with Crippen LogP contribution < -0.4 is 26.2 Å². The third-order valence-electron chi connectivity index (χ3n) is 21.4. The molecule has 4 heteroatoms. The predicted octanol–water partition coefficient (Wildman–Crippen LogP) is 18.9. The molecule has 3 heterocycles. The van der Waals surface area contributed by atoms with Crippen molar-refractivity contribution in [2.24, 2.45) is 0 Å². The minimum Gasteiger partial charge on any atom is -0.454 e. The molecule has 1 aromatic heterocycles. The molecule has 410 valence electrons. The Morgan fingerprint density at radius 3 is 1.47 bits per heavy atom. The summed E-state index contributed by atoms with van der Waals surface area (Å²) in [5, 5.41) is 2.34. The van der Waals surface area contributed by atoms with Crippen molar-refractivity contribution >= 4 is 79.2 Å². The first kappa shape index (κ1) is 52.3. The van der Waals surface area contributed by atoms with E-state index in [0.717, 1.165) is 28.7 Å². The molecule has 0 fully saturated rings. The van der Waals surface area contributed by atoms with Gasteiger partial charge in [-0.1, -0.05) is 210 Å². The Morgan fingerprint density at radius 2 is 0.901 bits per heavy atom. The zero-order valence-electron chi connectivity index (χ0n) is 52.0. The van der Waals surface area contributed by atoms with Crippen LogP contribution in [0.3, 0.4) is 0 Å². The van der Waals surface area contributed by atoms with Gasteiger partial charge in [-0.25, -0.2) is 0 Å². The van der Waals surface area contributed by atoms with Crippen LogP contribution in [-0.4, -0.2) is 6.71 Å². The van der Waals surface area contributed by atoms with Gasteiger partial charge >= 0.3 is 0 Å². The van der Waals surface area contributed by atoms with Gasteiger partial charge in [-0.2, -0.15) is 0 Å². The van der Waals surface area contributed by atoms with Crippen LogP contribution in [0.1, 0.15) is 210 Å². The van der Waals surface area contributed by atoms with E-state index in [1.807, 2.05) is 0 Å². The fraction of sp³-hybridized carbons (Fsp3) is 0.377. The second kappa shape index (κ2) is 16.3. The molecule has 0 saturated carbocycles. The zero-order chi connectivity index (χ0) is 57.4. The van der Waals surface area contributed by atoms with E-state index in [2.05, 4.69) is 275 Å². The summed E-state index contributed by atoms with van der Waals surface area (Å²) in [4.78, 5) is 5.42. The molecule has 2 aliphatic heterocycles. The van der Waals surface area contributed by atoms with Crippen molar-refractivity contribution in [2.75, 3.05) is 9.80 Å². The van der Waals surface area contributed by atoms with E-state index in [1.54, 1.807) is 0 Å². The summed E-state index contributed by atoms with van der Waals surface area (Å²) in [6.07, 6.45) is 2.31. The molecule has 0 spiro atoms. The van der Waals surface area contributed by atoms with Gasteiger partial charge in [0.2, 0.25) is 0 Å². The van der Waals surface area contributed by atoms with Crippen molar-refractivity contribution in [1.82, 2.24) is 0 Å². The fourth-order valence-corrected chi connectivity index (χ4v) is 16.2. The van der Waals surface area contributed by atoms with Crippen molar-refractivity contribution in [2.45, 2.75) is 188 Å². The van der Waals surface area contributed by atoms with Crippen molar-refractivity contribution in [3.8, 4) is 0 Å². The SMILES string of the molecule is Cc1cc2c(cc1N1c3cc(C(C)(C)C)cc4c3B(c3cc5c(cc3N4c3ccc4c(c3)C(C)(C)c3ccccc3C4(C)C)C(C)(C)c3ccccc3C5(C)C)c3ccc4c(oc5ccc(C(C)(C)C)cc54)c31)C(C)(C)CCC2(C)C. The van der Waals surface area contributed by atoms with Crippen LogP contribution in [-0.2, 0) is 43.3 Å². The van der Waals surface area contributed by atoms with E-state index >= 15 is 0 Å². The third-order valence-corrected chi connectivity index (χ3v) is 21.4. The average molecular weight is 1060 g/mol. The molecule has 3 aliphatic carbocycles. The standard InChI is InChI=1S/C77H83BN2O/c1-44-36-55-56(73(10,11)35-34-72(55,8)9)42-62(44)80-65-39-46(71(5,6)7)38-64-67(65)78(60-32-30-48-49-37-45(70(2,3)4)28-33-66(49)81-69(48)68(60)80)61-41-58-59(77(18,19)53-27-23-22-26-52(53)76(58,16)17)43-63(61)79(64)47-29-31-54-57(40-47)75(14,15)51-25-21-20-24-50(51)74(54,12)13/h20-33,36-43H,34-35H2,1-19H3. The minimum absolute atomic E-state index is 0.000790. The molecule has 0 atom stereocenters. The molecule has 0 N–H and O–H groups in total. The normalized spacial score (nSPS) is 19.0. The van der Waals surface area contributed by atoms with Gasteiger partial charge in [-0.3, -0.25) is 0 Å². The van der Waals surface area contributed by atoms with Crippen LogP contribution in [0.25, 0.3) is 21.9 Å². The Labute approximate surface area is 484 Å². The summed E-state index contributed by atoms with van der Waals surface area (Å²) >= 11 is 0. The largest absolute Gasteiger partial charge is 0.454 e. The fourth-order valence-electron chi connectivity index (χ4n) is 16.2. The van der Waals surface area contributed by atoms with E-state index in [9.17, 15) is 0 Å². The highest BCUT2D eigenvalue weighted by Crippen LogP contribution is 2.57. The maximum atomic E-state index is 7.48. The summed E-state index contributed by atoms with van der Waals surface area (Å²) in [6.45, 7) is 45.9. The molecule has 8 aromatic carbocycles. The minimum atomic E-state index is -0.258. The Bertz CT molecular complexity index is 4230. The summed E-state index contributed by atoms with van der Waals surface area (Å²) in [6, 6.07) is 53.5. The van der Waals surface area contributed by atoms with Crippen LogP contribution >= 0.6 is 0 Å². The van der Waals surface area contributed by atoms with Crippen LogP contribution in [0.15, 0.2) is 138 Å². The predicted molar refractivity (Wildman–Crippen MR) is 347 cm³/mol. The Balaban J connectivity index is 1.14. The monoisotopic (exact) mass is 1060 g/mol. The smallest absolute Gasteiger partial charge is 0.252 e. The first-order valence-corrected chi connectivity index (χ1v) is 30.3. The van der Waals surface area contributed by atoms with Crippen molar-refractivity contribution in [3.63, 3.8) is 0 Å². The zero-order valence-corrected chi connectivity index (χ0v) is 52.0. The lowest BCUT2D eigenvalue weighted by Gasteiger charge is -2.49. The highest BCUT2D eigenvalue weighted by Gasteiger charge is 2.51. The van der Waals surface area contributed by atoms with E-state index in [-0.39, 0.29) is 50.0 Å². The van der Waals surface area contributed by atoms with Crippen LogP contribution in [0.4, 0.5) is 34.1 Å². The highest BCUT2D eigenvalue weighted by atomic mass is 16.3. The lowest BCUT2D eigenvalue weighted by atomic mass is 9.33. The summed E-state index contributed by atoms with van der Waals surface area (Å²) in [5.74, 6) is 0. The number of hydrogen-bond acceptors (Lipinski definition) is 3. The quantitative estimate of drug-likeness (QED) is 0.161. The Kier molecular flexibility index (Phi) is 10.5. The molecule has 0 unspecified atom stereocenters. The lowest BCUT2D eigenvalue weighted by molar-refractivity contribution is 0.332. The molecule has 0 radical (unpaired) electrons. The average Bonchev–Trinajstić information content (AvgIpc) is 2.23. The van der Waals surface area contributed by atoms with Crippen molar-refractivity contribution in [3.05, 3.63) is 206 Å². The number of rotatable bonds is 2. The number of anilines is 6. The van der Waals surface area contributed by atoms with Crippen molar-refractivity contribution < 1.29 is 4.42 Å². The van der Waals surface area contributed by atoms with Gasteiger partial charge in [0.05, 0.1) is 5.69 Å². The maximum absolute atomic E-state index is 7.48. The molecule has 14 rings (SSSR count). The maximum Gasteiger partial charge on any atom is 0.252 e. The Morgan fingerprint density at radius 1 is 0.407 bits per heavy atom. The van der Waals surface area contributed by atoms with Gasteiger partial charge in [0, 0.05) is 60.9 Å². The second-order valence-electron chi connectivity index (χ2n) is 31.0. The molecule has 0 saturated heterocycles. The highest BCUT2D eigenvalue weighted by molar-refractivity contribution is 7.00. The number of benzene rings is 8. The van der Waals surface area contributed by atoms with Gasteiger partial charge < -0.3 is 14.2 Å².